The zero-order valence-corrected chi connectivity index (χ0v) is 12.3. The van der Waals surface area contributed by atoms with Crippen LogP contribution in [0.4, 0.5) is 5.69 Å². The summed E-state index contributed by atoms with van der Waals surface area (Å²) in [7, 11) is 3.96. The number of hydrogen-bond acceptors (Lipinski definition) is 3. The van der Waals surface area contributed by atoms with Gasteiger partial charge in [-0.3, -0.25) is 9.59 Å². The third-order valence-electron chi connectivity index (χ3n) is 4.83. The summed E-state index contributed by atoms with van der Waals surface area (Å²) in [5.74, 6) is -0.492. The van der Waals surface area contributed by atoms with Crippen molar-refractivity contribution in [3.63, 3.8) is 0 Å². The standard InChI is InChI=1S/C16H20N2O2/c1-16(2)12-11(13(16)17(3)4)14(19)18(15(12)20)10-8-6-5-7-9-10/h5-9,11-13H,1-4H3. The lowest BCUT2D eigenvalue weighted by Crippen LogP contribution is -2.64. The van der Waals surface area contributed by atoms with Gasteiger partial charge in [-0.1, -0.05) is 32.0 Å². The molecule has 2 amide bonds. The lowest BCUT2D eigenvalue weighted by molar-refractivity contribution is -0.150. The fraction of sp³-hybridized carbons (Fsp3) is 0.500. The van der Waals surface area contributed by atoms with Gasteiger partial charge in [-0.2, -0.15) is 0 Å². The number of rotatable bonds is 2. The summed E-state index contributed by atoms with van der Waals surface area (Å²) in [5.41, 5.74) is 0.523. The van der Waals surface area contributed by atoms with Crippen LogP contribution in [0.15, 0.2) is 30.3 Å². The van der Waals surface area contributed by atoms with Gasteiger partial charge in [-0.15, -0.1) is 0 Å². The number of carbonyl (C=O) groups excluding carboxylic acids is 2. The van der Waals surface area contributed by atoms with Gasteiger partial charge >= 0.3 is 0 Å². The Kier molecular flexibility index (Phi) is 2.77. The number of fused-ring (bicyclic) bond motifs is 1. The molecular formula is C16H20N2O2. The average molecular weight is 272 g/mol. The molecule has 2 aliphatic rings. The van der Waals surface area contributed by atoms with E-state index in [2.05, 4.69) is 18.7 Å². The van der Waals surface area contributed by atoms with E-state index in [0.717, 1.165) is 0 Å². The molecule has 1 aromatic rings. The van der Waals surface area contributed by atoms with Crippen LogP contribution in [0, 0.1) is 17.3 Å². The van der Waals surface area contributed by atoms with Crippen LogP contribution in [0.2, 0.25) is 0 Å². The SMILES string of the molecule is CN(C)C1C2C(=O)N(c3ccccc3)C(=O)C2C1(C)C. The summed E-state index contributed by atoms with van der Waals surface area (Å²) in [6.45, 7) is 4.16. The molecule has 0 aromatic heterocycles. The number of anilines is 1. The van der Waals surface area contributed by atoms with E-state index < -0.39 is 0 Å². The third kappa shape index (κ3) is 1.51. The zero-order valence-electron chi connectivity index (χ0n) is 12.3. The molecule has 106 valence electrons. The smallest absolute Gasteiger partial charge is 0.239 e. The topological polar surface area (TPSA) is 40.6 Å². The molecule has 0 N–H and O–H groups in total. The number of para-hydroxylation sites is 1. The quantitative estimate of drug-likeness (QED) is 0.770. The predicted molar refractivity (Wildman–Crippen MR) is 77.2 cm³/mol. The van der Waals surface area contributed by atoms with E-state index >= 15 is 0 Å². The number of carbonyl (C=O) groups is 2. The van der Waals surface area contributed by atoms with E-state index in [1.807, 2.05) is 44.4 Å². The van der Waals surface area contributed by atoms with Gasteiger partial charge in [0, 0.05) is 6.04 Å². The van der Waals surface area contributed by atoms with E-state index in [4.69, 9.17) is 0 Å². The van der Waals surface area contributed by atoms with E-state index in [9.17, 15) is 9.59 Å². The number of hydrogen-bond donors (Lipinski definition) is 0. The van der Waals surface area contributed by atoms with Gasteiger partial charge in [0.05, 0.1) is 17.5 Å². The predicted octanol–water partition coefficient (Wildman–Crippen LogP) is 1.76. The molecule has 0 spiro atoms. The summed E-state index contributed by atoms with van der Waals surface area (Å²) < 4.78 is 0. The first kappa shape index (κ1) is 13.3. The van der Waals surface area contributed by atoms with Crippen LogP contribution in [0.3, 0.4) is 0 Å². The van der Waals surface area contributed by atoms with Crippen LogP contribution >= 0.6 is 0 Å². The van der Waals surface area contributed by atoms with Crippen LogP contribution < -0.4 is 4.90 Å². The minimum absolute atomic E-state index is 0.0469. The number of imide groups is 1. The van der Waals surface area contributed by atoms with Gasteiger partial charge in [0.2, 0.25) is 11.8 Å². The Morgan fingerprint density at radius 1 is 1.05 bits per heavy atom. The van der Waals surface area contributed by atoms with Gasteiger partial charge in [0.25, 0.3) is 0 Å². The first-order valence-electron chi connectivity index (χ1n) is 6.96. The molecule has 1 heterocycles. The molecule has 4 heteroatoms. The Bertz CT molecular complexity index is 565. The van der Waals surface area contributed by atoms with E-state index in [0.29, 0.717) is 5.69 Å². The van der Waals surface area contributed by atoms with E-state index in [1.165, 1.54) is 4.90 Å². The summed E-state index contributed by atoms with van der Waals surface area (Å²) in [6, 6.07) is 9.35. The Morgan fingerprint density at radius 3 is 2.20 bits per heavy atom. The first-order valence-corrected chi connectivity index (χ1v) is 6.96. The third-order valence-corrected chi connectivity index (χ3v) is 4.83. The largest absolute Gasteiger partial charge is 0.305 e. The minimum atomic E-state index is -0.201. The van der Waals surface area contributed by atoms with E-state index in [-0.39, 0.29) is 35.1 Å². The Morgan fingerprint density at radius 2 is 1.65 bits per heavy atom. The second kappa shape index (κ2) is 4.16. The molecule has 1 aliphatic heterocycles. The van der Waals surface area contributed by atoms with Crippen LogP contribution in [-0.2, 0) is 9.59 Å². The maximum Gasteiger partial charge on any atom is 0.239 e. The Hall–Kier alpha value is -1.68. The van der Waals surface area contributed by atoms with Gasteiger partial charge in [0.15, 0.2) is 0 Å². The second-order valence-corrected chi connectivity index (χ2v) is 6.58. The molecule has 1 aromatic carbocycles. The van der Waals surface area contributed by atoms with Crippen molar-refractivity contribution in [3.8, 4) is 0 Å². The van der Waals surface area contributed by atoms with Crippen molar-refractivity contribution in [1.29, 1.82) is 0 Å². The van der Waals surface area contributed by atoms with Crippen molar-refractivity contribution < 1.29 is 9.59 Å². The molecule has 1 aliphatic carbocycles. The second-order valence-electron chi connectivity index (χ2n) is 6.58. The molecule has 0 bridgehead atoms. The highest BCUT2D eigenvalue weighted by Crippen LogP contribution is 2.57. The summed E-state index contributed by atoms with van der Waals surface area (Å²) >= 11 is 0. The summed E-state index contributed by atoms with van der Waals surface area (Å²) in [5, 5.41) is 0. The maximum atomic E-state index is 12.7. The van der Waals surface area contributed by atoms with Crippen LogP contribution in [0.25, 0.3) is 0 Å². The highest BCUT2D eigenvalue weighted by Gasteiger charge is 2.69. The molecule has 4 nitrogen and oxygen atoms in total. The van der Waals surface area contributed by atoms with Gasteiger partial charge < -0.3 is 4.90 Å². The van der Waals surface area contributed by atoms with Gasteiger partial charge in [0.1, 0.15) is 0 Å². The molecule has 1 saturated heterocycles. The van der Waals surface area contributed by atoms with Crippen molar-refractivity contribution in [2.45, 2.75) is 19.9 Å². The van der Waals surface area contributed by atoms with Crippen molar-refractivity contribution in [3.05, 3.63) is 30.3 Å². The van der Waals surface area contributed by atoms with Gasteiger partial charge in [-0.25, -0.2) is 4.90 Å². The summed E-state index contributed by atoms with van der Waals surface area (Å²) in [6.07, 6.45) is 0. The Labute approximate surface area is 119 Å². The fourth-order valence-corrected chi connectivity index (χ4v) is 4.14. The normalized spacial score (nSPS) is 31.4. The Balaban J connectivity index is 2.00. The molecule has 0 radical (unpaired) electrons. The first-order chi connectivity index (χ1) is 9.37. The lowest BCUT2D eigenvalue weighted by Gasteiger charge is -2.55. The molecule has 20 heavy (non-hydrogen) atoms. The number of nitrogens with zero attached hydrogens (tertiary/aromatic N) is 2. The molecule has 3 rings (SSSR count). The molecular weight excluding hydrogens is 252 g/mol. The fourth-order valence-electron chi connectivity index (χ4n) is 4.14. The number of benzene rings is 1. The number of amides is 2. The van der Waals surface area contributed by atoms with Crippen molar-refractivity contribution in [2.75, 3.05) is 19.0 Å². The average Bonchev–Trinajstić information content (AvgIpc) is 2.59. The molecule has 3 unspecified atom stereocenters. The summed E-state index contributed by atoms with van der Waals surface area (Å²) in [4.78, 5) is 28.8. The molecule has 1 saturated carbocycles. The van der Waals surface area contributed by atoms with Crippen LogP contribution in [0.1, 0.15) is 13.8 Å². The minimum Gasteiger partial charge on any atom is -0.305 e. The van der Waals surface area contributed by atoms with Crippen molar-refractivity contribution in [1.82, 2.24) is 4.90 Å². The molecule has 3 atom stereocenters. The lowest BCUT2D eigenvalue weighted by atomic mass is 9.52. The van der Waals surface area contributed by atoms with Crippen LogP contribution in [-0.4, -0.2) is 36.9 Å². The van der Waals surface area contributed by atoms with Gasteiger partial charge in [-0.05, 0) is 31.6 Å². The van der Waals surface area contributed by atoms with Crippen LogP contribution in [0.5, 0.6) is 0 Å². The molecule has 2 fully saturated rings. The van der Waals surface area contributed by atoms with Crippen molar-refractivity contribution >= 4 is 17.5 Å². The highest BCUT2D eigenvalue weighted by molar-refractivity contribution is 6.23. The van der Waals surface area contributed by atoms with Crippen molar-refractivity contribution in [2.24, 2.45) is 17.3 Å². The zero-order chi connectivity index (χ0) is 14.7. The van der Waals surface area contributed by atoms with E-state index in [1.54, 1.807) is 0 Å². The maximum absolute atomic E-state index is 12.7. The monoisotopic (exact) mass is 272 g/mol. The highest BCUT2D eigenvalue weighted by atomic mass is 16.2.